The molecule has 1 rings (SSSR count). The molecule has 0 amide bonds. The van der Waals surface area contributed by atoms with Crippen molar-refractivity contribution in [3.63, 3.8) is 0 Å². The van der Waals surface area contributed by atoms with E-state index in [1.807, 2.05) is 20.8 Å². The third-order valence-electron chi connectivity index (χ3n) is 2.49. The number of aldehydes is 2. The third-order valence-corrected chi connectivity index (χ3v) is 2.49. The smallest absolute Gasteiger partial charge is 0.290 e. The Hall–Kier alpha value is -1.60. The van der Waals surface area contributed by atoms with Crippen molar-refractivity contribution >= 4 is 12.6 Å². The van der Waals surface area contributed by atoms with Crippen LogP contribution in [0.2, 0.25) is 0 Å². The van der Waals surface area contributed by atoms with Crippen molar-refractivity contribution in [1.82, 2.24) is 15.5 Å². The molecule has 0 saturated heterocycles. The summed E-state index contributed by atoms with van der Waals surface area (Å²) in [5, 5.41) is 6.32. The van der Waals surface area contributed by atoms with E-state index in [9.17, 15) is 9.59 Å². The molecule has 1 atom stereocenters. The summed E-state index contributed by atoms with van der Waals surface area (Å²) in [6, 6.07) is 0. The fraction of sp³-hybridized carbons (Fsp3) is 0.733. The molecule has 0 radical (unpaired) electrons. The Balaban J connectivity index is -0.000000272. The molecule has 1 unspecified atom stereocenters. The first-order chi connectivity index (χ1) is 10.3. The second kappa shape index (κ2) is 15.8. The highest BCUT2D eigenvalue weighted by atomic mass is 16.5. The highest BCUT2D eigenvalue weighted by Gasteiger charge is 2.18. The van der Waals surface area contributed by atoms with Gasteiger partial charge in [-0.3, -0.25) is 4.79 Å². The molecule has 0 aromatic carbocycles. The molecule has 0 aliphatic rings. The van der Waals surface area contributed by atoms with E-state index in [1.165, 1.54) is 7.05 Å². The van der Waals surface area contributed by atoms with E-state index < -0.39 is 0 Å². The predicted molar refractivity (Wildman–Crippen MR) is 88.6 cm³/mol. The van der Waals surface area contributed by atoms with Crippen molar-refractivity contribution in [1.29, 1.82) is 0 Å². The minimum atomic E-state index is 0.0188. The molecule has 22 heavy (non-hydrogen) atoms. The third kappa shape index (κ3) is 13.4. The Labute approximate surface area is 134 Å². The summed E-state index contributed by atoms with van der Waals surface area (Å²) < 4.78 is 4.50. The van der Waals surface area contributed by atoms with Crippen LogP contribution < -0.4 is 11.1 Å². The number of nitrogens with two attached hydrogens (primary N) is 1. The van der Waals surface area contributed by atoms with E-state index in [-0.39, 0.29) is 17.2 Å². The lowest BCUT2D eigenvalue weighted by Gasteiger charge is -2.21. The van der Waals surface area contributed by atoms with E-state index in [2.05, 4.69) is 46.5 Å². The highest BCUT2D eigenvalue weighted by molar-refractivity contribution is 5.66. The Kier molecular flexibility index (Phi) is 18.2. The van der Waals surface area contributed by atoms with Gasteiger partial charge in [-0.1, -0.05) is 46.7 Å². The Morgan fingerprint density at radius 1 is 1.27 bits per heavy atom. The molecule has 0 saturated carbocycles. The first kappa shape index (κ1) is 25.4. The standard InChI is InChI=1S/C7H14O.C5H7N3O2.C2H6.CH5N/c1-6(5-8)7(2,3)4;1-6-2-4-7-5(3-9)10-8-4;2*1-2/h5-6H,1-4H3;3,6H,2H2,1H3;1-2H3;2H2,1H3. The number of rotatable bonds is 4. The van der Waals surface area contributed by atoms with Gasteiger partial charge in [0, 0.05) is 5.92 Å². The second-order valence-corrected chi connectivity index (χ2v) is 4.99. The number of hydrogen-bond acceptors (Lipinski definition) is 7. The van der Waals surface area contributed by atoms with Crippen molar-refractivity contribution in [2.45, 2.75) is 48.1 Å². The van der Waals surface area contributed by atoms with Gasteiger partial charge in [0.1, 0.15) is 6.29 Å². The van der Waals surface area contributed by atoms with Gasteiger partial charge in [0.25, 0.3) is 5.89 Å². The van der Waals surface area contributed by atoms with Gasteiger partial charge in [-0.15, -0.1) is 0 Å². The normalized spacial score (nSPS) is 10.6. The largest absolute Gasteiger partial charge is 0.333 e. The quantitative estimate of drug-likeness (QED) is 0.818. The summed E-state index contributed by atoms with van der Waals surface area (Å²) in [5.74, 6) is 0.678. The molecule has 7 nitrogen and oxygen atoms in total. The summed E-state index contributed by atoms with van der Waals surface area (Å²) in [4.78, 5) is 23.9. The van der Waals surface area contributed by atoms with E-state index in [0.29, 0.717) is 18.7 Å². The van der Waals surface area contributed by atoms with E-state index in [1.54, 1.807) is 7.05 Å². The van der Waals surface area contributed by atoms with E-state index in [4.69, 9.17) is 0 Å². The number of hydrogen-bond donors (Lipinski definition) is 2. The molecule has 0 bridgehead atoms. The monoisotopic (exact) mass is 316 g/mol. The first-order valence-corrected chi connectivity index (χ1v) is 7.30. The molecule has 1 heterocycles. The average molecular weight is 316 g/mol. The molecule has 7 heteroatoms. The van der Waals surface area contributed by atoms with Crippen molar-refractivity contribution in [2.75, 3.05) is 14.1 Å². The lowest BCUT2D eigenvalue weighted by Crippen LogP contribution is -2.17. The minimum absolute atomic E-state index is 0.0188. The second-order valence-electron chi connectivity index (χ2n) is 4.99. The molecule has 0 spiro atoms. The zero-order chi connectivity index (χ0) is 18.2. The lowest BCUT2D eigenvalue weighted by atomic mass is 9.83. The molecule has 0 aliphatic carbocycles. The number of carbonyl (C=O) groups is 2. The Bertz CT molecular complexity index is 373. The van der Waals surface area contributed by atoms with Crippen LogP contribution in [0, 0.1) is 11.3 Å². The Morgan fingerprint density at radius 2 is 1.77 bits per heavy atom. The zero-order valence-corrected chi connectivity index (χ0v) is 15.1. The summed E-state index contributed by atoms with van der Waals surface area (Å²) in [6.45, 7) is 12.6. The number of aromatic nitrogens is 2. The topological polar surface area (TPSA) is 111 Å². The zero-order valence-electron chi connectivity index (χ0n) is 15.1. The van der Waals surface area contributed by atoms with Crippen molar-refractivity contribution in [3.8, 4) is 0 Å². The first-order valence-electron chi connectivity index (χ1n) is 7.30. The molecule has 3 N–H and O–H groups in total. The van der Waals surface area contributed by atoms with Crippen LogP contribution in [0.4, 0.5) is 0 Å². The Morgan fingerprint density at radius 3 is 2.00 bits per heavy atom. The maximum atomic E-state index is 10.2. The average Bonchev–Trinajstić information content (AvgIpc) is 2.98. The van der Waals surface area contributed by atoms with Gasteiger partial charge in [0.05, 0.1) is 6.54 Å². The van der Waals surface area contributed by atoms with E-state index in [0.717, 1.165) is 6.29 Å². The highest BCUT2D eigenvalue weighted by Crippen LogP contribution is 2.22. The maximum Gasteiger partial charge on any atom is 0.290 e. The molecule has 1 aromatic rings. The number of carbonyl (C=O) groups excluding carboxylic acids is 2. The fourth-order valence-corrected chi connectivity index (χ4v) is 0.749. The van der Waals surface area contributed by atoms with Crippen LogP contribution in [0.1, 0.15) is 58.1 Å². The summed E-state index contributed by atoms with van der Waals surface area (Å²) in [6.07, 6.45) is 1.52. The predicted octanol–water partition coefficient (Wildman–Crippen LogP) is 2.07. The van der Waals surface area contributed by atoms with Crippen LogP contribution in [0.25, 0.3) is 0 Å². The van der Waals surface area contributed by atoms with E-state index >= 15 is 0 Å². The molecule has 1 aromatic heterocycles. The van der Waals surface area contributed by atoms with Gasteiger partial charge < -0.3 is 20.4 Å². The van der Waals surface area contributed by atoms with Crippen molar-refractivity contribution in [3.05, 3.63) is 11.7 Å². The van der Waals surface area contributed by atoms with Crippen LogP contribution in [-0.4, -0.2) is 36.8 Å². The minimum Gasteiger partial charge on any atom is -0.333 e. The number of nitrogens with one attached hydrogen (secondary N) is 1. The van der Waals surface area contributed by atoms with Crippen LogP contribution in [0.3, 0.4) is 0 Å². The van der Waals surface area contributed by atoms with Gasteiger partial charge in [-0.25, -0.2) is 0 Å². The van der Waals surface area contributed by atoms with Crippen LogP contribution in [-0.2, 0) is 11.3 Å². The molecular formula is C15H32N4O3. The van der Waals surface area contributed by atoms with Crippen LogP contribution >= 0.6 is 0 Å². The van der Waals surface area contributed by atoms with Crippen LogP contribution in [0.15, 0.2) is 4.52 Å². The van der Waals surface area contributed by atoms with Gasteiger partial charge >= 0.3 is 0 Å². The van der Waals surface area contributed by atoms with Crippen LogP contribution in [0.5, 0.6) is 0 Å². The summed E-state index contributed by atoms with van der Waals surface area (Å²) in [7, 11) is 3.26. The molecule has 130 valence electrons. The molecule has 0 aliphatic heterocycles. The molecular weight excluding hydrogens is 284 g/mol. The van der Waals surface area contributed by atoms with Crippen molar-refractivity contribution < 1.29 is 14.1 Å². The maximum absolute atomic E-state index is 10.2. The van der Waals surface area contributed by atoms with Gasteiger partial charge in [-0.2, -0.15) is 4.98 Å². The van der Waals surface area contributed by atoms with Gasteiger partial charge in [-0.05, 0) is 19.5 Å². The van der Waals surface area contributed by atoms with Gasteiger partial charge in [0.2, 0.25) is 6.29 Å². The fourth-order valence-electron chi connectivity index (χ4n) is 0.749. The SMILES string of the molecule is CC.CC(C=O)C(C)(C)C.CN.CNCc1noc(C=O)n1. The summed E-state index contributed by atoms with van der Waals surface area (Å²) in [5.41, 5.74) is 4.64. The van der Waals surface area contributed by atoms with Gasteiger partial charge in [0.15, 0.2) is 5.82 Å². The van der Waals surface area contributed by atoms with Crippen molar-refractivity contribution in [2.24, 2.45) is 17.1 Å². The lowest BCUT2D eigenvalue weighted by molar-refractivity contribution is -0.113. The molecule has 0 fully saturated rings. The summed E-state index contributed by atoms with van der Waals surface area (Å²) >= 11 is 0. The number of nitrogens with zero attached hydrogens (tertiary/aromatic N) is 2.